The molecule has 0 aromatic carbocycles. The molecule has 2 saturated heterocycles. The second-order valence-corrected chi connectivity index (χ2v) is 3.83. The van der Waals surface area contributed by atoms with E-state index >= 15 is 0 Å². The van der Waals surface area contributed by atoms with Crippen LogP contribution < -0.4 is 5.32 Å². The number of carboxylic acids is 1. The van der Waals surface area contributed by atoms with Crippen molar-refractivity contribution in [3.8, 4) is 0 Å². The number of carbonyl (C=O) groups excluding carboxylic acids is 1. The molecule has 14 heavy (non-hydrogen) atoms. The molecule has 2 aliphatic rings. The normalized spacial score (nSPS) is 33.3. The predicted molar refractivity (Wildman–Crippen MR) is 48.8 cm³/mol. The van der Waals surface area contributed by atoms with Crippen LogP contribution >= 0.6 is 0 Å². The van der Waals surface area contributed by atoms with Crippen LogP contribution in [0.2, 0.25) is 0 Å². The number of hydrogen-bond acceptors (Lipinski definition) is 3. The molecular weight excluding hydrogens is 184 g/mol. The van der Waals surface area contributed by atoms with E-state index in [9.17, 15) is 9.59 Å². The van der Waals surface area contributed by atoms with Crippen LogP contribution in [0.25, 0.3) is 0 Å². The Morgan fingerprint density at radius 3 is 3.00 bits per heavy atom. The van der Waals surface area contributed by atoms with Crippen LogP contribution in [0.3, 0.4) is 0 Å². The van der Waals surface area contributed by atoms with Crippen LogP contribution in [-0.2, 0) is 9.59 Å². The summed E-state index contributed by atoms with van der Waals surface area (Å²) >= 11 is 0. The Hall–Kier alpha value is -1.10. The zero-order valence-electron chi connectivity index (χ0n) is 7.90. The minimum Gasteiger partial charge on any atom is -0.480 e. The summed E-state index contributed by atoms with van der Waals surface area (Å²) in [7, 11) is 0. The summed E-state index contributed by atoms with van der Waals surface area (Å²) in [4.78, 5) is 24.2. The van der Waals surface area contributed by atoms with Crippen LogP contribution in [0, 0.1) is 0 Å². The van der Waals surface area contributed by atoms with Crippen molar-refractivity contribution >= 4 is 11.9 Å². The molecule has 0 aliphatic carbocycles. The number of fused-ring (bicyclic) bond motifs is 1. The number of aliphatic carboxylic acids is 1. The first kappa shape index (κ1) is 9.45. The third-order valence-electron chi connectivity index (χ3n) is 2.99. The summed E-state index contributed by atoms with van der Waals surface area (Å²) in [5.74, 6) is -0.812. The van der Waals surface area contributed by atoms with Crippen LogP contribution in [-0.4, -0.2) is 47.1 Å². The number of hydrogen-bond donors (Lipinski definition) is 2. The van der Waals surface area contributed by atoms with E-state index in [1.54, 1.807) is 0 Å². The van der Waals surface area contributed by atoms with Gasteiger partial charge in [-0.2, -0.15) is 0 Å². The summed E-state index contributed by atoms with van der Waals surface area (Å²) in [5, 5.41) is 11.8. The quantitative estimate of drug-likeness (QED) is 0.591. The molecule has 2 fully saturated rings. The van der Waals surface area contributed by atoms with E-state index in [1.807, 2.05) is 4.90 Å². The summed E-state index contributed by atoms with van der Waals surface area (Å²) in [6, 6.07) is -0.664. The van der Waals surface area contributed by atoms with Gasteiger partial charge in [-0.3, -0.25) is 14.5 Å². The fourth-order valence-electron chi connectivity index (χ4n) is 2.31. The van der Waals surface area contributed by atoms with Crippen molar-refractivity contribution in [1.82, 2.24) is 10.2 Å². The van der Waals surface area contributed by atoms with Crippen molar-refractivity contribution < 1.29 is 14.7 Å². The molecule has 2 N–H and O–H groups in total. The van der Waals surface area contributed by atoms with Gasteiger partial charge in [-0.1, -0.05) is 0 Å². The van der Waals surface area contributed by atoms with E-state index in [2.05, 4.69) is 5.32 Å². The lowest BCUT2D eigenvalue weighted by Gasteiger charge is -2.23. The summed E-state index contributed by atoms with van der Waals surface area (Å²) in [5.41, 5.74) is 0. The van der Waals surface area contributed by atoms with E-state index < -0.39 is 12.0 Å². The lowest BCUT2D eigenvalue weighted by molar-refractivity contribution is -0.143. The van der Waals surface area contributed by atoms with Crippen molar-refractivity contribution in [1.29, 1.82) is 0 Å². The lowest BCUT2D eigenvalue weighted by atomic mass is 10.2. The first-order valence-corrected chi connectivity index (χ1v) is 4.96. The molecule has 2 rings (SSSR count). The molecule has 0 radical (unpaired) electrons. The average molecular weight is 198 g/mol. The van der Waals surface area contributed by atoms with Crippen LogP contribution in [0.5, 0.6) is 0 Å². The third-order valence-corrected chi connectivity index (χ3v) is 2.99. The Morgan fingerprint density at radius 1 is 1.50 bits per heavy atom. The zero-order valence-corrected chi connectivity index (χ0v) is 7.90. The Labute approximate surface area is 82.1 Å². The van der Waals surface area contributed by atoms with Crippen molar-refractivity contribution in [2.24, 2.45) is 0 Å². The molecule has 5 heteroatoms. The molecule has 1 amide bonds. The second kappa shape index (κ2) is 3.57. The average Bonchev–Trinajstić information content (AvgIpc) is 2.48. The number of carbonyl (C=O) groups is 2. The van der Waals surface area contributed by atoms with Gasteiger partial charge >= 0.3 is 5.97 Å². The molecule has 78 valence electrons. The van der Waals surface area contributed by atoms with E-state index in [4.69, 9.17) is 5.11 Å². The van der Waals surface area contributed by atoms with Gasteiger partial charge in [-0.15, -0.1) is 0 Å². The maximum atomic E-state index is 11.5. The van der Waals surface area contributed by atoms with Crippen LogP contribution in [0.15, 0.2) is 0 Å². The molecular formula is C9H14N2O3. The molecule has 0 saturated carbocycles. The van der Waals surface area contributed by atoms with E-state index in [1.165, 1.54) is 0 Å². The summed E-state index contributed by atoms with van der Waals surface area (Å²) in [6.45, 7) is 1.37. The highest BCUT2D eigenvalue weighted by molar-refractivity contribution is 5.84. The molecule has 0 spiro atoms. The number of nitrogens with one attached hydrogen (secondary N) is 1. The van der Waals surface area contributed by atoms with Crippen molar-refractivity contribution in [3.05, 3.63) is 0 Å². The monoisotopic (exact) mass is 198 g/mol. The minimum absolute atomic E-state index is 0.00810. The van der Waals surface area contributed by atoms with E-state index in [0.717, 1.165) is 6.42 Å². The van der Waals surface area contributed by atoms with Crippen molar-refractivity contribution in [2.75, 3.05) is 13.1 Å². The van der Waals surface area contributed by atoms with Gasteiger partial charge in [-0.05, 0) is 19.3 Å². The first-order valence-electron chi connectivity index (χ1n) is 4.96. The molecule has 5 nitrogen and oxygen atoms in total. The lowest BCUT2D eigenvalue weighted by Crippen LogP contribution is -2.45. The molecule has 2 heterocycles. The smallest absolute Gasteiger partial charge is 0.320 e. The van der Waals surface area contributed by atoms with Crippen LogP contribution in [0.4, 0.5) is 0 Å². The Balaban J connectivity index is 2.16. The maximum absolute atomic E-state index is 11.5. The fraction of sp³-hybridized carbons (Fsp3) is 0.778. The number of rotatable bonds is 1. The van der Waals surface area contributed by atoms with E-state index in [-0.39, 0.29) is 11.9 Å². The Morgan fingerprint density at radius 2 is 2.29 bits per heavy atom. The zero-order chi connectivity index (χ0) is 10.1. The minimum atomic E-state index is -0.804. The SMILES string of the molecule is O=C(O)C1CCC2C(=O)NCCCN12. The third kappa shape index (κ3) is 1.48. The predicted octanol–water partition coefficient (Wildman–Crippen LogP) is -0.576. The summed E-state index contributed by atoms with van der Waals surface area (Å²) < 4.78 is 0. The van der Waals surface area contributed by atoms with Gasteiger partial charge in [0.1, 0.15) is 6.04 Å². The van der Waals surface area contributed by atoms with Gasteiger partial charge in [-0.25, -0.2) is 0 Å². The first-order chi connectivity index (χ1) is 6.70. The maximum Gasteiger partial charge on any atom is 0.320 e. The van der Waals surface area contributed by atoms with Crippen molar-refractivity contribution in [2.45, 2.75) is 31.3 Å². The van der Waals surface area contributed by atoms with Gasteiger partial charge in [0.15, 0.2) is 0 Å². The molecule has 2 unspecified atom stereocenters. The van der Waals surface area contributed by atoms with Gasteiger partial charge in [0.2, 0.25) is 5.91 Å². The largest absolute Gasteiger partial charge is 0.480 e. The standard InChI is InChI=1S/C9H14N2O3/c12-8-6-2-3-7(9(13)14)11(6)5-1-4-10-8/h6-7H,1-5H2,(H,10,12)(H,13,14). The Kier molecular flexibility index (Phi) is 2.41. The molecule has 0 aromatic rings. The van der Waals surface area contributed by atoms with Gasteiger partial charge in [0.05, 0.1) is 6.04 Å². The number of amides is 1. The second-order valence-electron chi connectivity index (χ2n) is 3.83. The molecule has 0 bridgehead atoms. The van der Waals surface area contributed by atoms with Gasteiger partial charge < -0.3 is 10.4 Å². The highest BCUT2D eigenvalue weighted by Crippen LogP contribution is 2.25. The van der Waals surface area contributed by atoms with Gasteiger partial charge in [0.25, 0.3) is 0 Å². The number of carboxylic acid groups (broad SMARTS) is 1. The summed E-state index contributed by atoms with van der Waals surface area (Å²) in [6.07, 6.45) is 2.10. The topological polar surface area (TPSA) is 69.6 Å². The molecule has 0 aromatic heterocycles. The molecule has 2 aliphatic heterocycles. The molecule has 2 atom stereocenters. The highest BCUT2D eigenvalue weighted by atomic mass is 16.4. The Bertz CT molecular complexity index is 267. The fourth-order valence-corrected chi connectivity index (χ4v) is 2.31. The van der Waals surface area contributed by atoms with Crippen LogP contribution in [0.1, 0.15) is 19.3 Å². The van der Waals surface area contributed by atoms with Crippen molar-refractivity contribution in [3.63, 3.8) is 0 Å². The van der Waals surface area contributed by atoms with E-state index in [0.29, 0.717) is 25.9 Å². The highest BCUT2D eigenvalue weighted by Gasteiger charge is 2.41. The number of nitrogens with zero attached hydrogens (tertiary/aromatic N) is 1. The van der Waals surface area contributed by atoms with Gasteiger partial charge in [0, 0.05) is 13.1 Å².